The summed E-state index contributed by atoms with van der Waals surface area (Å²) in [7, 11) is 0. The number of hydrogen-bond acceptors (Lipinski definition) is 2. The molecule has 112 valence electrons. The second-order valence-corrected chi connectivity index (χ2v) is 7.74. The summed E-state index contributed by atoms with van der Waals surface area (Å²) >= 11 is 0.230. The number of benzene rings is 1. The molecule has 2 nitrogen and oxygen atoms in total. The number of unbranched alkanes of at least 4 members (excludes halogenated alkanes) is 1. The van der Waals surface area contributed by atoms with Crippen LogP contribution >= 0.6 is 0 Å². The average Bonchev–Trinajstić information content (AvgIpc) is 2.49. The van der Waals surface area contributed by atoms with E-state index in [9.17, 15) is 4.79 Å². The van der Waals surface area contributed by atoms with Gasteiger partial charge in [0.15, 0.2) is 0 Å². The molecule has 3 heteroatoms. The van der Waals surface area contributed by atoms with E-state index in [4.69, 9.17) is 4.74 Å². The van der Waals surface area contributed by atoms with Crippen LogP contribution in [0.1, 0.15) is 49.9 Å². The molecular formula is C17H28O2Sn. The van der Waals surface area contributed by atoms with Crippen molar-refractivity contribution in [1.29, 1.82) is 0 Å². The van der Waals surface area contributed by atoms with E-state index >= 15 is 0 Å². The van der Waals surface area contributed by atoms with Crippen LogP contribution in [0.25, 0.3) is 0 Å². The van der Waals surface area contributed by atoms with Gasteiger partial charge in [0.25, 0.3) is 0 Å². The Labute approximate surface area is 134 Å². The quantitative estimate of drug-likeness (QED) is 0.497. The molecule has 0 saturated carbocycles. The van der Waals surface area contributed by atoms with Gasteiger partial charge in [-0.3, -0.25) is 0 Å². The first-order valence-corrected chi connectivity index (χ1v) is 13.2. The number of carbonyl (C=O) groups is 1. The normalized spacial score (nSPS) is 11.2. The minimum atomic E-state index is -0.208. The third-order valence-electron chi connectivity index (χ3n) is 3.00. The molecule has 2 radical (unpaired) electrons. The van der Waals surface area contributed by atoms with Crippen molar-refractivity contribution in [2.75, 3.05) is 6.61 Å². The third kappa shape index (κ3) is 9.40. The van der Waals surface area contributed by atoms with Crippen LogP contribution in [-0.4, -0.2) is 33.7 Å². The SMILES string of the molecule is CCCCC(CC)COC(=O)c1ccccc1.[CH3][Sn][CH3]. The molecule has 20 heavy (non-hydrogen) atoms. The van der Waals surface area contributed by atoms with E-state index in [2.05, 4.69) is 23.7 Å². The predicted octanol–water partition coefficient (Wildman–Crippen LogP) is 4.85. The number of hydrogen-bond donors (Lipinski definition) is 0. The summed E-state index contributed by atoms with van der Waals surface area (Å²) in [4.78, 5) is 16.3. The van der Waals surface area contributed by atoms with Gasteiger partial charge in [-0.05, 0) is 24.5 Å². The van der Waals surface area contributed by atoms with Gasteiger partial charge in [0.1, 0.15) is 0 Å². The molecule has 1 unspecified atom stereocenters. The number of esters is 1. The molecule has 1 atom stereocenters. The van der Waals surface area contributed by atoms with Crippen molar-refractivity contribution in [1.82, 2.24) is 0 Å². The van der Waals surface area contributed by atoms with Crippen molar-refractivity contribution >= 4 is 27.1 Å². The Morgan fingerprint density at radius 2 is 1.80 bits per heavy atom. The molecule has 0 aromatic heterocycles. The predicted molar refractivity (Wildman–Crippen MR) is 87.5 cm³/mol. The zero-order valence-corrected chi connectivity index (χ0v) is 16.2. The van der Waals surface area contributed by atoms with Gasteiger partial charge >= 0.3 is 37.0 Å². The maximum absolute atomic E-state index is 11.7. The molecule has 1 rings (SSSR count). The van der Waals surface area contributed by atoms with Crippen molar-refractivity contribution in [3.63, 3.8) is 0 Å². The van der Waals surface area contributed by atoms with Gasteiger partial charge < -0.3 is 4.74 Å². The van der Waals surface area contributed by atoms with E-state index in [1.807, 2.05) is 18.2 Å². The molecule has 0 aliphatic carbocycles. The maximum atomic E-state index is 11.7. The molecule has 0 bridgehead atoms. The van der Waals surface area contributed by atoms with Crippen molar-refractivity contribution in [3.05, 3.63) is 35.9 Å². The van der Waals surface area contributed by atoms with Crippen LogP contribution in [-0.2, 0) is 4.74 Å². The molecular weight excluding hydrogens is 355 g/mol. The Hall–Kier alpha value is -0.511. The summed E-state index contributed by atoms with van der Waals surface area (Å²) < 4.78 is 5.34. The van der Waals surface area contributed by atoms with E-state index in [1.165, 1.54) is 12.8 Å². The monoisotopic (exact) mass is 384 g/mol. The molecule has 0 aliphatic heterocycles. The van der Waals surface area contributed by atoms with Crippen LogP contribution in [0.2, 0.25) is 9.88 Å². The van der Waals surface area contributed by atoms with Crippen LogP contribution < -0.4 is 0 Å². The summed E-state index contributed by atoms with van der Waals surface area (Å²) in [6.45, 7) is 4.88. The molecule has 0 spiro atoms. The fraction of sp³-hybridized carbons (Fsp3) is 0.588. The Bertz CT molecular complexity index is 338. The Kier molecular flexibility index (Phi) is 13.1. The molecule has 0 amide bonds. The fourth-order valence-electron chi connectivity index (χ4n) is 1.75. The summed E-state index contributed by atoms with van der Waals surface area (Å²) in [6, 6.07) is 9.17. The van der Waals surface area contributed by atoms with Crippen molar-refractivity contribution < 1.29 is 9.53 Å². The van der Waals surface area contributed by atoms with E-state index in [0.717, 1.165) is 12.8 Å². The summed E-state index contributed by atoms with van der Waals surface area (Å²) in [5, 5.41) is 0. The molecule has 0 saturated heterocycles. The zero-order valence-electron chi connectivity index (χ0n) is 13.3. The first-order chi connectivity index (χ1) is 9.69. The van der Waals surface area contributed by atoms with E-state index in [-0.39, 0.29) is 27.1 Å². The molecule has 0 fully saturated rings. The van der Waals surface area contributed by atoms with E-state index in [0.29, 0.717) is 18.1 Å². The second-order valence-electron chi connectivity index (χ2n) is 4.88. The van der Waals surface area contributed by atoms with Gasteiger partial charge in [0.05, 0.1) is 12.2 Å². The summed E-state index contributed by atoms with van der Waals surface area (Å²) in [5.41, 5.74) is 0.637. The van der Waals surface area contributed by atoms with Crippen molar-refractivity contribution in [2.24, 2.45) is 5.92 Å². The Morgan fingerprint density at radius 1 is 1.20 bits per heavy atom. The summed E-state index contributed by atoms with van der Waals surface area (Å²) in [5.74, 6) is 0.295. The standard InChI is InChI=1S/C15H22O2.2CH3.Sn/c1-3-5-9-13(4-2)12-17-15(16)14-10-7-6-8-11-14;;;/h6-8,10-11,13H,3-5,9,12H2,1-2H3;2*1H3;. The molecule has 1 aromatic carbocycles. The minimum absolute atomic E-state index is 0.208. The first-order valence-electron chi connectivity index (χ1n) is 7.50. The Balaban J connectivity index is 0.00000110. The van der Waals surface area contributed by atoms with Crippen molar-refractivity contribution in [3.8, 4) is 0 Å². The topological polar surface area (TPSA) is 26.3 Å². The van der Waals surface area contributed by atoms with Crippen molar-refractivity contribution in [2.45, 2.75) is 49.4 Å². The van der Waals surface area contributed by atoms with Gasteiger partial charge in [0.2, 0.25) is 0 Å². The second kappa shape index (κ2) is 13.5. The van der Waals surface area contributed by atoms with Gasteiger partial charge in [-0.15, -0.1) is 0 Å². The number of carbonyl (C=O) groups excluding carboxylic acids is 1. The van der Waals surface area contributed by atoms with E-state index in [1.54, 1.807) is 12.1 Å². The van der Waals surface area contributed by atoms with E-state index < -0.39 is 0 Å². The number of rotatable bonds is 7. The van der Waals surface area contributed by atoms with Crippen LogP contribution in [0.15, 0.2) is 30.3 Å². The molecule has 0 aliphatic rings. The van der Waals surface area contributed by atoms with Crippen LogP contribution in [0.3, 0.4) is 0 Å². The average molecular weight is 383 g/mol. The van der Waals surface area contributed by atoms with Gasteiger partial charge in [0, 0.05) is 0 Å². The molecule has 1 aromatic rings. The van der Waals surface area contributed by atoms with Gasteiger partial charge in [-0.25, -0.2) is 4.79 Å². The number of ether oxygens (including phenoxy) is 1. The van der Waals surface area contributed by atoms with Gasteiger partial charge in [-0.2, -0.15) is 0 Å². The third-order valence-corrected chi connectivity index (χ3v) is 3.00. The van der Waals surface area contributed by atoms with Crippen LogP contribution in [0, 0.1) is 5.92 Å². The van der Waals surface area contributed by atoms with Crippen LogP contribution in [0.5, 0.6) is 0 Å². The zero-order chi connectivity index (χ0) is 15.2. The first kappa shape index (κ1) is 19.5. The summed E-state index contributed by atoms with van der Waals surface area (Å²) in [6.07, 6.45) is 4.63. The van der Waals surface area contributed by atoms with Crippen LogP contribution in [0.4, 0.5) is 0 Å². The van der Waals surface area contributed by atoms with Gasteiger partial charge in [-0.1, -0.05) is 51.3 Å². The fourth-order valence-corrected chi connectivity index (χ4v) is 1.75. The molecule has 0 heterocycles. The Morgan fingerprint density at radius 3 is 2.30 bits per heavy atom. The molecule has 0 N–H and O–H groups in total.